The SMILES string of the molecule is CCC(=Nc1ccc(S(=O)(=O)c2ccc(N=C(CC)N(C)C)cc2)cc1)N(C)C. The molecule has 0 aliphatic carbocycles. The van der Waals surface area contributed by atoms with Gasteiger partial charge in [0.25, 0.3) is 0 Å². The van der Waals surface area contributed by atoms with Gasteiger partial charge in [0, 0.05) is 41.0 Å². The highest BCUT2D eigenvalue weighted by Gasteiger charge is 2.17. The lowest BCUT2D eigenvalue weighted by molar-refractivity contribution is 0.596. The van der Waals surface area contributed by atoms with Crippen molar-refractivity contribution in [1.29, 1.82) is 0 Å². The summed E-state index contributed by atoms with van der Waals surface area (Å²) in [6.07, 6.45) is 1.60. The van der Waals surface area contributed by atoms with Crippen LogP contribution in [0.4, 0.5) is 11.4 Å². The minimum Gasteiger partial charge on any atom is -0.366 e. The Hall–Kier alpha value is -2.67. The van der Waals surface area contributed by atoms with E-state index in [2.05, 4.69) is 9.98 Å². The maximum absolute atomic E-state index is 12.9. The van der Waals surface area contributed by atoms with Crippen LogP contribution in [-0.2, 0) is 9.84 Å². The highest BCUT2D eigenvalue weighted by molar-refractivity contribution is 7.91. The van der Waals surface area contributed by atoms with Gasteiger partial charge < -0.3 is 9.80 Å². The van der Waals surface area contributed by atoms with Crippen molar-refractivity contribution < 1.29 is 8.42 Å². The fraction of sp³-hybridized carbons (Fsp3) is 0.364. The molecular weight excluding hydrogens is 384 g/mol. The first kappa shape index (κ1) is 22.6. The van der Waals surface area contributed by atoms with E-state index in [0.29, 0.717) is 0 Å². The maximum Gasteiger partial charge on any atom is 0.206 e. The second kappa shape index (κ2) is 9.69. The molecule has 7 heteroatoms. The van der Waals surface area contributed by atoms with Gasteiger partial charge in [-0.15, -0.1) is 0 Å². The topological polar surface area (TPSA) is 65.3 Å². The van der Waals surface area contributed by atoms with Crippen molar-refractivity contribution in [2.24, 2.45) is 9.98 Å². The zero-order valence-corrected chi connectivity index (χ0v) is 18.9. The fourth-order valence-electron chi connectivity index (χ4n) is 2.82. The Morgan fingerprint density at radius 2 is 1.00 bits per heavy atom. The smallest absolute Gasteiger partial charge is 0.206 e. The van der Waals surface area contributed by atoms with Crippen LogP contribution >= 0.6 is 0 Å². The van der Waals surface area contributed by atoms with E-state index in [1.54, 1.807) is 48.5 Å². The zero-order chi connectivity index (χ0) is 21.6. The quantitative estimate of drug-likeness (QED) is 0.515. The summed E-state index contributed by atoms with van der Waals surface area (Å²) in [6.45, 7) is 4.07. The van der Waals surface area contributed by atoms with Crippen LogP contribution in [0.5, 0.6) is 0 Å². The minimum absolute atomic E-state index is 0.248. The lowest BCUT2D eigenvalue weighted by atomic mass is 10.3. The molecular formula is C22H30N4O2S. The van der Waals surface area contributed by atoms with Gasteiger partial charge in [-0.25, -0.2) is 18.4 Å². The third-order valence-electron chi connectivity index (χ3n) is 4.48. The molecule has 0 bridgehead atoms. The van der Waals surface area contributed by atoms with Crippen LogP contribution in [0, 0.1) is 0 Å². The van der Waals surface area contributed by atoms with Gasteiger partial charge in [0.15, 0.2) is 0 Å². The molecule has 0 aliphatic rings. The molecule has 6 nitrogen and oxygen atoms in total. The van der Waals surface area contributed by atoms with Crippen molar-refractivity contribution in [3.63, 3.8) is 0 Å². The van der Waals surface area contributed by atoms with E-state index in [0.717, 1.165) is 35.9 Å². The first-order valence-corrected chi connectivity index (χ1v) is 11.1. The molecule has 0 amide bonds. The van der Waals surface area contributed by atoms with Gasteiger partial charge in [0.05, 0.1) is 21.2 Å². The van der Waals surface area contributed by atoms with Gasteiger partial charge in [-0.1, -0.05) is 13.8 Å². The number of benzene rings is 2. The number of nitrogens with zero attached hydrogens (tertiary/aromatic N) is 4. The molecule has 2 rings (SSSR count). The fourth-order valence-corrected chi connectivity index (χ4v) is 4.09. The molecule has 0 atom stereocenters. The third kappa shape index (κ3) is 5.67. The molecule has 0 saturated carbocycles. The molecule has 0 unspecified atom stereocenters. The summed E-state index contributed by atoms with van der Waals surface area (Å²) in [5.74, 6) is 1.86. The van der Waals surface area contributed by atoms with E-state index in [-0.39, 0.29) is 9.79 Å². The molecule has 29 heavy (non-hydrogen) atoms. The van der Waals surface area contributed by atoms with E-state index in [1.165, 1.54) is 0 Å². The van der Waals surface area contributed by atoms with E-state index < -0.39 is 9.84 Å². The molecule has 0 fully saturated rings. The predicted molar refractivity (Wildman–Crippen MR) is 120 cm³/mol. The van der Waals surface area contributed by atoms with E-state index in [1.807, 2.05) is 51.8 Å². The van der Waals surface area contributed by atoms with Gasteiger partial charge >= 0.3 is 0 Å². The Labute approximate surface area is 174 Å². The maximum atomic E-state index is 12.9. The van der Waals surface area contributed by atoms with Gasteiger partial charge in [-0.2, -0.15) is 0 Å². The summed E-state index contributed by atoms with van der Waals surface area (Å²) in [7, 11) is 4.17. The van der Waals surface area contributed by atoms with Crippen molar-refractivity contribution >= 4 is 32.9 Å². The standard InChI is InChI=1S/C22H30N4O2S/c1-7-21(25(3)4)23-17-9-13-19(14-10-17)29(27,28)20-15-11-18(12-16-20)24-22(8-2)26(5)6/h9-16H,7-8H2,1-6H3. The molecule has 156 valence electrons. The molecule has 0 spiro atoms. The highest BCUT2D eigenvalue weighted by Crippen LogP contribution is 2.25. The van der Waals surface area contributed by atoms with E-state index >= 15 is 0 Å². The molecule has 0 radical (unpaired) electrons. The molecule has 2 aromatic rings. The Balaban J connectivity index is 2.29. The zero-order valence-electron chi connectivity index (χ0n) is 18.0. The van der Waals surface area contributed by atoms with Crippen molar-refractivity contribution in [3.8, 4) is 0 Å². The first-order valence-electron chi connectivity index (χ1n) is 9.64. The predicted octanol–water partition coefficient (Wildman–Crippen LogP) is 4.52. The largest absolute Gasteiger partial charge is 0.366 e. The molecule has 0 N–H and O–H groups in total. The Bertz CT molecular complexity index is 899. The monoisotopic (exact) mass is 414 g/mol. The van der Waals surface area contributed by atoms with Crippen molar-refractivity contribution in [3.05, 3.63) is 48.5 Å². The summed E-state index contributed by atoms with van der Waals surface area (Å²) in [6, 6.07) is 13.3. The Kier molecular flexibility index (Phi) is 7.56. The molecule has 0 heterocycles. The number of sulfone groups is 1. The lowest BCUT2D eigenvalue weighted by Gasteiger charge is -2.14. The number of hydrogen-bond donors (Lipinski definition) is 0. The Morgan fingerprint density at radius 1 is 0.690 bits per heavy atom. The van der Waals surface area contributed by atoms with Gasteiger partial charge in [0.2, 0.25) is 9.84 Å². The normalized spacial score (nSPS) is 12.8. The number of aliphatic imine (C=N–C) groups is 2. The van der Waals surface area contributed by atoms with E-state index in [4.69, 9.17) is 0 Å². The summed E-state index contributed by atoms with van der Waals surface area (Å²) in [5.41, 5.74) is 1.46. The van der Waals surface area contributed by atoms with Crippen molar-refractivity contribution in [1.82, 2.24) is 9.80 Å². The second-order valence-corrected chi connectivity index (χ2v) is 8.99. The Morgan fingerprint density at radius 3 is 1.24 bits per heavy atom. The summed E-state index contributed by atoms with van der Waals surface area (Å²) in [4.78, 5) is 13.5. The van der Waals surface area contributed by atoms with Crippen molar-refractivity contribution in [2.75, 3.05) is 28.2 Å². The number of rotatable bonds is 6. The first-order chi connectivity index (χ1) is 13.7. The van der Waals surface area contributed by atoms with Crippen LogP contribution in [-0.4, -0.2) is 58.1 Å². The summed E-state index contributed by atoms with van der Waals surface area (Å²) in [5, 5.41) is 0. The van der Waals surface area contributed by atoms with Crippen molar-refractivity contribution in [2.45, 2.75) is 36.5 Å². The summed E-state index contributed by atoms with van der Waals surface area (Å²) >= 11 is 0. The van der Waals surface area contributed by atoms with E-state index in [9.17, 15) is 8.42 Å². The average Bonchev–Trinajstić information content (AvgIpc) is 2.70. The second-order valence-electron chi connectivity index (χ2n) is 7.04. The van der Waals surface area contributed by atoms with Crippen LogP contribution in [0.3, 0.4) is 0 Å². The summed E-state index contributed by atoms with van der Waals surface area (Å²) < 4.78 is 25.9. The highest BCUT2D eigenvalue weighted by atomic mass is 32.2. The number of hydrogen-bond acceptors (Lipinski definition) is 4. The molecule has 0 aromatic heterocycles. The molecule has 2 aromatic carbocycles. The van der Waals surface area contributed by atoms with Gasteiger partial charge in [-0.05, 0) is 48.5 Å². The van der Waals surface area contributed by atoms with Crippen LogP contribution in [0.2, 0.25) is 0 Å². The van der Waals surface area contributed by atoms with Crippen LogP contribution < -0.4 is 0 Å². The minimum atomic E-state index is -3.59. The van der Waals surface area contributed by atoms with Crippen LogP contribution in [0.25, 0.3) is 0 Å². The van der Waals surface area contributed by atoms with Gasteiger partial charge in [-0.3, -0.25) is 0 Å². The molecule has 0 saturated heterocycles. The van der Waals surface area contributed by atoms with Crippen LogP contribution in [0.1, 0.15) is 26.7 Å². The molecule has 0 aliphatic heterocycles. The van der Waals surface area contributed by atoms with Gasteiger partial charge in [0.1, 0.15) is 11.7 Å². The number of amidine groups is 2. The van der Waals surface area contributed by atoms with Crippen LogP contribution in [0.15, 0.2) is 68.3 Å². The lowest BCUT2D eigenvalue weighted by Crippen LogP contribution is -2.20. The average molecular weight is 415 g/mol. The third-order valence-corrected chi connectivity index (χ3v) is 6.26.